The monoisotopic (exact) mass is 276 g/mol. The molecule has 20 heavy (non-hydrogen) atoms. The summed E-state index contributed by atoms with van der Waals surface area (Å²) < 4.78 is 0. The van der Waals surface area contributed by atoms with Crippen LogP contribution in [0.4, 0.5) is 0 Å². The Hall–Kier alpha value is -1.43. The highest BCUT2D eigenvalue weighted by molar-refractivity contribution is 5.92. The summed E-state index contributed by atoms with van der Waals surface area (Å²) in [6.07, 6.45) is 0. The Labute approximate surface area is 120 Å². The van der Waals surface area contributed by atoms with Crippen LogP contribution in [0.5, 0.6) is 0 Å². The number of piperazine rings is 1. The minimum atomic E-state index is -0.375. The highest BCUT2D eigenvalue weighted by Gasteiger charge is 2.21. The lowest BCUT2D eigenvalue weighted by atomic mass is 10.1. The Bertz CT molecular complexity index is 463. The molecule has 1 amide bonds. The number of nitrogens with one attached hydrogen (secondary N) is 1. The van der Waals surface area contributed by atoms with Gasteiger partial charge >= 0.3 is 0 Å². The van der Waals surface area contributed by atoms with E-state index in [0.717, 1.165) is 38.3 Å². The van der Waals surface area contributed by atoms with Gasteiger partial charge in [0.25, 0.3) is 0 Å². The summed E-state index contributed by atoms with van der Waals surface area (Å²) in [4.78, 5) is 15.9. The molecule has 1 aliphatic heterocycles. The number of amides is 1. The fraction of sp³-hybridized carbons (Fsp3) is 0.533. The van der Waals surface area contributed by atoms with Gasteiger partial charge in [0, 0.05) is 44.3 Å². The zero-order valence-electron chi connectivity index (χ0n) is 12.3. The van der Waals surface area contributed by atoms with Crippen molar-refractivity contribution < 1.29 is 4.79 Å². The van der Waals surface area contributed by atoms with Gasteiger partial charge in [0.15, 0.2) is 0 Å². The van der Waals surface area contributed by atoms with Gasteiger partial charge in [-0.25, -0.2) is 0 Å². The van der Waals surface area contributed by atoms with Gasteiger partial charge in [0.1, 0.15) is 0 Å². The van der Waals surface area contributed by atoms with Crippen LogP contribution in [0.1, 0.15) is 15.9 Å². The lowest BCUT2D eigenvalue weighted by Crippen LogP contribution is -2.53. The molecule has 5 nitrogen and oxygen atoms in total. The quantitative estimate of drug-likeness (QED) is 0.802. The van der Waals surface area contributed by atoms with Crippen LogP contribution in [-0.2, 0) is 6.54 Å². The van der Waals surface area contributed by atoms with E-state index in [1.807, 2.05) is 18.2 Å². The second-order valence-corrected chi connectivity index (χ2v) is 5.59. The van der Waals surface area contributed by atoms with Crippen molar-refractivity contribution in [3.05, 3.63) is 35.4 Å². The largest absolute Gasteiger partial charge is 0.366 e. The second kappa shape index (κ2) is 6.83. The molecule has 0 bridgehead atoms. The molecule has 0 saturated carbocycles. The van der Waals surface area contributed by atoms with E-state index in [0.29, 0.717) is 11.6 Å². The predicted octanol–water partition coefficient (Wildman–Crippen LogP) is 0.121. The summed E-state index contributed by atoms with van der Waals surface area (Å²) >= 11 is 0. The molecule has 1 heterocycles. The minimum absolute atomic E-state index is 0.375. The smallest absolute Gasteiger partial charge is 0.248 e. The van der Waals surface area contributed by atoms with E-state index in [1.165, 1.54) is 0 Å². The number of carbonyl (C=O) groups is 1. The van der Waals surface area contributed by atoms with E-state index in [9.17, 15) is 4.79 Å². The first kappa shape index (κ1) is 15.0. The molecule has 2 rings (SSSR count). The number of hydrogen-bond donors (Lipinski definition) is 2. The zero-order chi connectivity index (χ0) is 14.5. The van der Waals surface area contributed by atoms with Crippen LogP contribution in [0.3, 0.4) is 0 Å². The molecule has 1 atom stereocenters. The number of primary amides is 1. The van der Waals surface area contributed by atoms with E-state index in [-0.39, 0.29) is 5.91 Å². The number of carbonyl (C=O) groups excluding carboxylic acids is 1. The lowest BCUT2D eigenvalue weighted by Gasteiger charge is -2.37. The lowest BCUT2D eigenvalue weighted by molar-refractivity contribution is 0.1000. The van der Waals surface area contributed by atoms with Crippen molar-refractivity contribution in [1.82, 2.24) is 15.1 Å². The Morgan fingerprint density at radius 2 is 2.20 bits per heavy atom. The third kappa shape index (κ3) is 4.03. The van der Waals surface area contributed by atoms with E-state index in [1.54, 1.807) is 6.07 Å². The topological polar surface area (TPSA) is 61.6 Å². The fourth-order valence-corrected chi connectivity index (χ4v) is 2.54. The number of nitrogens with two attached hydrogens (primary N) is 1. The van der Waals surface area contributed by atoms with Crippen LogP contribution in [0.15, 0.2) is 24.3 Å². The maximum absolute atomic E-state index is 11.1. The van der Waals surface area contributed by atoms with Crippen molar-refractivity contribution in [2.24, 2.45) is 5.73 Å². The molecule has 0 radical (unpaired) electrons. The Morgan fingerprint density at radius 1 is 1.40 bits per heavy atom. The van der Waals surface area contributed by atoms with Gasteiger partial charge in [-0.2, -0.15) is 0 Å². The first-order chi connectivity index (χ1) is 9.56. The standard InChI is InChI=1S/C15H24N4O/c1-18-6-7-19(2)14(11-18)10-17-9-12-4-3-5-13(8-12)15(16)20/h3-5,8,14,17H,6-7,9-11H2,1-2H3,(H2,16,20). The van der Waals surface area contributed by atoms with E-state index >= 15 is 0 Å². The number of hydrogen-bond acceptors (Lipinski definition) is 4. The predicted molar refractivity (Wildman–Crippen MR) is 80.6 cm³/mol. The van der Waals surface area contributed by atoms with Gasteiger partial charge in [-0.15, -0.1) is 0 Å². The molecule has 1 aromatic rings. The number of rotatable bonds is 5. The van der Waals surface area contributed by atoms with Gasteiger partial charge in [-0.1, -0.05) is 12.1 Å². The van der Waals surface area contributed by atoms with Crippen molar-refractivity contribution >= 4 is 5.91 Å². The maximum Gasteiger partial charge on any atom is 0.248 e. The zero-order valence-corrected chi connectivity index (χ0v) is 12.3. The first-order valence-corrected chi connectivity index (χ1v) is 7.04. The molecule has 1 fully saturated rings. The Kier molecular flexibility index (Phi) is 5.11. The summed E-state index contributed by atoms with van der Waals surface area (Å²) in [6, 6.07) is 8.02. The van der Waals surface area contributed by atoms with E-state index < -0.39 is 0 Å². The normalized spacial score (nSPS) is 21.0. The van der Waals surface area contributed by atoms with Crippen molar-refractivity contribution in [2.45, 2.75) is 12.6 Å². The highest BCUT2D eigenvalue weighted by Crippen LogP contribution is 2.07. The molecule has 3 N–H and O–H groups in total. The number of likely N-dealkylation sites (N-methyl/N-ethyl adjacent to an activating group) is 2. The minimum Gasteiger partial charge on any atom is -0.366 e. The van der Waals surface area contributed by atoms with Crippen molar-refractivity contribution in [1.29, 1.82) is 0 Å². The van der Waals surface area contributed by atoms with Crippen LogP contribution in [0, 0.1) is 0 Å². The van der Waals surface area contributed by atoms with Crippen LogP contribution in [-0.4, -0.2) is 62.0 Å². The van der Waals surface area contributed by atoms with Gasteiger partial charge < -0.3 is 16.0 Å². The highest BCUT2D eigenvalue weighted by atomic mass is 16.1. The number of benzene rings is 1. The average molecular weight is 276 g/mol. The van der Waals surface area contributed by atoms with Crippen LogP contribution in [0.25, 0.3) is 0 Å². The molecule has 1 saturated heterocycles. The molecule has 1 aliphatic rings. The fourth-order valence-electron chi connectivity index (χ4n) is 2.54. The summed E-state index contributed by atoms with van der Waals surface area (Å²) in [5.41, 5.74) is 6.95. The summed E-state index contributed by atoms with van der Waals surface area (Å²) in [5, 5.41) is 3.47. The summed E-state index contributed by atoms with van der Waals surface area (Å²) in [6.45, 7) is 5.04. The molecular weight excluding hydrogens is 252 g/mol. The average Bonchev–Trinajstić information content (AvgIpc) is 2.43. The second-order valence-electron chi connectivity index (χ2n) is 5.59. The van der Waals surface area contributed by atoms with Gasteiger partial charge in [0.2, 0.25) is 5.91 Å². The molecule has 0 aromatic heterocycles. The SMILES string of the molecule is CN1CCN(C)C(CNCc2cccc(C(N)=O)c2)C1. The third-order valence-electron chi connectivity index (χ3n) is 3.90. The summed E-state index contributed by atoms with van der Waals surface area (Å²) in [7, 11) is 4.34. The molecule has 1 unspecified atom stereocenters. The molecular formula is C15H24N4O. The van der Waals surface area contributed by atoms with Crippen molar-refractivity contribution in [3.63, 3.8) is 0 Å². The summed E-state index contributed by atoms with van der Waals surface area (Å²) in [5.74, 6) is -0.375. The molecule has 110 valence electrons. The maximum atomic E-state index is 11.1. The molecule has 1 aromatic carbocycles. The van der Waals surface area contributed by atoms with Gasteiger partial charge in [0.05, 0.1) is 0 Å². The van der Waals surface area contributed by atoms with E-state index in [4.69, 9.17) is 5.73 Å². The van der Waals surface area contributed by atoms with Gasteiger partial charge in [-0.05, 0) is 31.8 Å². The molecule has 5 heteroatoms. The van der Waals surface area contributed by atoms with Gasteiger partial charge in [-0.3, -0.25) is 9.69 Å². The van der Waals surface area contributed by atoms with Crippen molar-refractivity contribution in [3.8, 4) is 0 Å². The van der Waals surface area contributed by atoms with Crippen LogP contribution >= 0.6 is 0 Å². The molecule has 0 aliphatic carbocycles. The first-order valence-electron chi connectivity index (χ1n) is 7.04. The number of nitrogens with zero attached hydrogens (tertiary/aromatic N) is 2. The van der Waals surface area contributed by atoms with E-state index in [2.05, 4.69) is 29.2 Å². The molecule has 0 spiro atoms. The van der Waals surface area contributed by atoms with Crippen LogP contribution in [0.2, 0.25) is 0 Å². The van der Waals surface area contributed by atoms with Crippen LogP contribution < -0.4 is 11.1 Å². The van der Waals surface area contributed by atoms with Crippen molar-refractivity contribution in [2.75, 3.05) is 40.3 Å². The Balaban J connectivity index is 1.83. The third-order valence-corrected chi connectivity index (χ3v) is 3.90. The Morgan fingerprint density at radius 3 is 2.95 bits per heavy atom.